The maximum atomic E-state index is 11.8. The Hall–Kier alpha value is -1.14. The summed E-state index contributed by atoms with van der Waals surface area (Å²) in [5.41, 5.74) is 2.52. The Morgan fingerprint density at radius 2 is 2.04 bits per heavy atom. The van der Waals surface area contributed by atoms with Gasteiger partial charge in [0, 0.05) is 25.3 Å². The largest absolute Gasteiger partial charge is 0.469 e. The zero-order chi connectivity index (χ0) is 19.4. The molecular weight excluding hydrogens is 344 g/mol. The van der Waals surface area contributed by atoms with Crippen LogP contribution in [0.15, 0.2) is 6.20 Å². The van der Waals surface area contributed by atoms with Crippen LogP contribution in [0.1, 0.15) is 57.7 Å². The molecular formula is C20H36N2O3Si. The summed E-state index contributed by atoms with van der Waals surface area (Å²) in [5.74, 6) is -0.105. The highest BCUT2D eigenvalue weighted by atomic mass is 28.4. The number of hydrogen-bond acceptors (Lipinski definition) is 4. The van der Waals surface area contributed by atoms with Crippen LogP contribution in [-0.2, 0) is 33.3 Å². The molecule has 6 heteroatoms. The smallest absolute Gasteiger partial charge is 0.309 e. The van der Waals surface area contributed by atoms with Gasteiger partial charge in [0.05, 0.1) is 19.2 Å². The Balaban J connectivity index is 1.75. The van der Waals surface area contributed by atoms with E-state index in [1.165, 1.54) is 18.4 Å². The van der Waals surface area contributed by atoms with E-state index in [-0.39, 0.29) is 16.9 Å². The van der Waals surface area contributed by atoms with Gasteiger partial charge in [-0.3, -0.25) is 9.48 Å². The van der Waals surface area contributed by atoms with Gasteiger partial charge >= 0.3 is 5.97 Å². The van der Waals surface area contributed by atoms with Crippen LogP contribution in [0.2, 0.25) is 18.1 Å². The van der Waals surface area contributed by atoms with Crippen molar-refractivity contribution in [3.05, 3.63) is 17.5 Å². The Morgan fingerprint density at radius 1 is 1.31 bits per heavy atom. The summed E-state index contributed by atoms with van der Waals surface area (Å²) < 4.78 is 13.3. The molecule has 1 aromatic rings. The fraction of sp³-hybridized carbons (Fsp3) is 0.800. The number of hydrogen-bond donors (Lipinski definition) is 0. The van der Waals surface area contributed by atoms with Crippen LogP contribution in [0.5, 0.6) is 0 Å². The average Bonchev–Trinajstić information content (AvgIpc) is 2.98. The summed E-state index contributed by atoms with van der Waals surface area (Å²) in [6, 6.07) is 0. The lowest BCUT2D eigenvalue weighted by molar-refractivity contribution is -0.145. The number of esters is 1. The van der Waals surface area contributed by atoms with Crippen molar-refractivity contribution >= 4 is 14.3 Å². The molecule has 0 spiro atoms. The molecule has 0 aliphatic heterocycles. The van der Waals surface area contributed by atoms with Crippen molar-refractivity contribution in [2.24, 2.45) is 5.92 Å². The number of nitrogens with zero attached hydrogens (tertiary/aromatic N) is 2. The second-order valence-corrected chi connectivity index (χ2v) is 13.8. The molecule has 0 radical (unpaired) electrons. The first-order valence-corrected chi connectivity index (χ1v) is 12.8. The number of carbonyl (C=O) groups excluding carboxylic acids is 1. The molecule has 1 aromatic heterocycles. The van der Waals surface area contributed by atoms with Gasteiger partial charge in [0.25, 0.3) is 0 Å². The number of carbonyl (C=O) groups is 1. The molecule has 2 rings (SSSR count). The number of ether oxygens (including phenoxy) is 1. The van der Waals surface area contributed by atoms with Crippen LogP contribution >= 0.6 is 0 Å². The van der Waals surface area contributed by atoms with E-state index >= 15 is 0 Å². The quantitative estimate of drug-likeness (QED) is 0.382. The fourth-order valence-corrected chi connectivity index (χ4v) is 4.29. The molecule has 148 valence electrons. The van der Waals surface area contributed by atoms with Crippen molar-refractivity contribution < 1.29 is 14.0 Å². The number of rotatable bonds is 8. The summed E-state index contributed by atoms with van der Waals surface area (Å²) in [5, 5.41) is 4.82. The van der Waals surface area contributed by atoms with Gasteiger partial charge in [-0.25, -0.2) is 0 Å². The van der Waals surface area contributed by atoms with Gasteiger partial charge in [-0.1, -0.05) is 20.8 Å². The zero-order valence-corrected chi connectivity index (χ0v) is 18.4. The zero-order valence-electron chi connectivity index (χ0n) is 17.4. The van der Waals surface area contributed by atoms with Gasteiger partial charge in [-0.15, -0.1) is 0 Å². The minimum Gasteiger partial charge on any atom is -0.469 e. The van der Waals surface area contributed by atoms with Crippen molar-refractivity contribution in [2.45, 2.75) is 84.0 Å². The third kappa shape index (κ3) is 5.19. The predicted molar refractivity (Wildman–Crippen MR) is 107 cm³/mol. The van der Waals surface area contributed by atoms with E-state index in [1.807, 2.05) is 6.20 Å². The minimum absolute atomic E-state index is 0.0130. The van der Waals surface area contributed by atoms with Crippen LogP contribution in [0.25, 0.3) is 0 Å². The van der Waals surface area contributed by atoms with E-state index in [0.29, 0.717) is 0 Å². The molecule has 1 atom stereocenters. The van der Waals surface area contributed by atoms with E-state index in [4.69, 9.17) is 9.16 Å². The molecule has 1 aliphatic rings. The predicted octanol–water partition coefficient (Wildman–Crippen LogP) is 4.35. The third-order valence-electron chi connectivity index (χ3n) is 6.05. The van der Waals surface area contributed by atoms with Crippen molar-refractivity contribution in [2.75, 3.05) is 13.7 Å². The van der Waals surface area contributed by atoms with E-state index in [2.05, 4.69) is 43.6 Å². The van der Waals surface area contributed by atoms with Crippen molar-refractivity contribution in [1.82, 2.24) is 9.78 Å². The summed E-state index contributed by atoms with van der Waals surface area (Å²) in [7, 11) is -0.148. The molecule has 0 saturated heterocycles. The normalized spacial score (nSPS) is 17.8. The van der Waals surface area contributed by atoms with Crippen LogP contribution in [0.4, 0.5) is 0 Å². The number of aryl methyl sites for hydroxylation is 2. The minimum atomic E-state index is -1.62. The van der Waals surface area contributed by atoms with Gasteiger partial charge in [0.2, 0.25) is 0 Å². The lowest BCUT2D eigenvalue weighted by Crippen LogP contribution is -2.40. The number of unbranched alkanes of at least 4 members (excludes halogenated alkanes) is 2. The second-order valence-electron chi connectivity index (χ2n) is 8.97. The Labute approximate surface area is 159 Å². The van der Waals surface area contributed by atoms with E-state index in [0.717, 1.165) is 51.7 Å². The maximum absolute atomic E-state index is 11.8. The van der Waals surface area contributed by atoms with Crippen molar-refractivity contribution in [3.63, 3.8) is 0 Å². The topological polar surface area (TPSA) is 53.3 Å². The van der Waals surface area contributed by atoms with Gasteiger partial charge in [-0.2, -0.15) is 5.10 Å². The van der Waals surface area contributed by atoms with E-state index in [9.17, 15) is 4.79 Å². The van der Waals surface area contributed by atoms with Gasteiger partial charge in [-0.05, 0) is 55.8 Å². The summed E-state index contributed by atoms with van der Waals surface area (Å²) >= 11 is 0. The molecule has 0 fully saturated rings. The SMILES string of the molecule is COC(=O)C1CCc2cnn(CCCCCO[Si](C)(C)C(C)(C)C)c2C1. The molecule has 0 saturated carbocycles. The van der Waals surface area contributed by atoms with E-state index in [1.54, 1.807) is 0 Å². The Kier molecular flexibility index (Phi) is 7.08. The van der Waals surface area contributed by atoms with Crippen molar-refractivity contribution in [1.29, 1.82) is 0 Å². The highest BCUT2D eigenvalue weighted by molar-refractivity contribution is 6.74. The summed E-state index contributed by atoms with van der Waals surface area (Å²) in [4.78, 5) is 11.8. The van der Waals surface area contributed by atoms with Crippen LogP contribution in [-0.4, -0.2) is 37.8 Å². The molecule has 0 N–H and O–H groups in total. The molecule has 0 amide bonds. The molecule has 0 bridgehead atoms. The van der Waals surface area contributed by atoms with Gasteiger partial charge in [0.15, 0.2) is 8.32 Å². The first-order valence-electron chi connectivity index (χ1n) is 9.91. The summed E-state index contributed by atoms with van der Waals surface area (Å²) in [6.07, 6.45) is 7.87. The fourth-order valence-electron chi connectivity index (χ4n) is 3.20. The number of aromatic nitrogens is 2. The van der Waals surface area contributed by atoms with Crippen LogP contribution in [0, 0.1) is 5.92 Å². The Morgan fingerprint density at radius 3 is 2.69 bits per heavy atom. The Bertz CT molecular complexity index is 605. The molecule has 1 heterocycles. The highest BCUT2D eigenvalue weighted by Crippen LogP contribution is 2.36. The molecule has 5 nitrogen and oxygen atoms in total. The van der Waals surface area contributed by atoms with Crippen LogP contribution in [0.3, 0.4) is 0 Å². The van der Waals surface area contributed by atoms with Gasteiger partial charge < -0.3 is 9.16 Å². The average molecular weight is 381 g/mol. The third-order valence-corrected chi connectivity index (χ3v) is 10.6. The standard InChI is InChI=1S/C20H36N2O3Si/c1-20(2,3)26(5,6)25-13-9-7-8-12-22-18-14-16(19(23)24-4)10-11-17(18)15-21-22/h15-16H,7-14H2,1-6H3. The second kappa shape index (κ2) is 8.70. The van der Waals surface area contributed by atoms with E-state index < -0.39 is 8.32 Å². The number of methoxy groups -OCH3 is 1. The first-order chi connectivity index (χ1) is 12.2. The lowest BCUT2D eigenvalue weighted by Gasteiger charge is -2.36. The maximum Gasteiger partial charge on any atom is 0.309 e. The number of fused-ring (bicyclic) bond motifs is 1. The van der Waals surface area contributed by atoms with Gasteiger partial charge in [0.1, 0.15) is 0 Å². The van der Waals surface area contributed by atoms with Crippen LogP contribution < -0.4 is 0 Å². The molecule has 1 unspecified atom stereocenters. The summed E-state index contributed by atoms with van der Waals surface area (Å²) in [6.45, 7) is 13.2. The van der Waals surface area contributed by atoms with Crippen molar-refractivity contribution in [3.8, 4) is 0 Å². The molecule has 1 aliphatic carbocycles. The monoisotopic (exact) mass is 380 g/mol. The molecule has 0 aromatic carbocycles. The molecule has 26 heavy (non-hydrogen) atoms. The first kappa shape index (κ1) is 21.2. The highest BCUT2D eigenvalue weighted by Gasteiger charge is 2.36. The lowest BCUT2D eigenvalue weighted by atomic mass is 9.88.